The van der Waals surface area contributed by atoms with Crippen molar-refractivity contribution < 1.29 is 14.2 Å². The van der Waals surface area contributed by atoms with Crippen LogP contribution in [0.5, 0.6) is 0 Å². The first kappa shape index (κ1) is 12.9. The van der Waals surface area contributed by atoms with Crippen molar-refractivity contribution in [2.24, 2.45) is 0 Å². The third-order valence-corrected chi connectivity index (χ3v) is 3.28. The largest absolute Gasteiger partial charge is 0.388 e. The van der Waals surface area contributed by atoms with Gasteiger partial charge in [0.2, 0.25) is 0 Å². The highest BCUT2D eigenvalue weighted by Gasteiger charge is 2.16. The summed E-state index contributed by atoms with van der Waals surface area (Å²) >= 11 is 8.80. The molecule has 0 saturated carbocycles. The Labute approximate surface area is 101 Å². The summed E-state index contributed by atoms with van der Waals surface area (Å²) in [5.41, 5.74) is 0.195. The summed E-state index contributed by atoms with van der Waals surface area (Å²) in [7, 11) is 1.53. The Bertz CT molecular complexity index is 346. The smallest absolute Gasteiger partial charge is 0.148 e. The first-order valence-corrected chi connectivity index (χ1v) is 5.55. The van der Waals surface area contributed by atoms with Gasteiger partial charge in [0.25, 0.3) is 0 Å². The fourth-order valence-corrected chi connectivity index (χ4v) is 1.66. The Morgan fingerprint density at radius 2 is 2.27 bits per heavy atom. The molecule has 2 nitrogen and oxygen atoms in total. The van der Waals surface area contributed by atoms with Crippen LogP contribution in [0.1, 0.15) is 18.1 Å². The SMILES string of the molecule is COCCC(O)c1ccc(Br)c(Cl)c1F. The zero-order chi connectivity index (χ0) is 11.4. The van der Waals surface area contributed by atoms with Crippen LogP contribution < -0.4 is 0 Å². The molecule has 1 aromatic rings. The maximum Gasteiger partial charge on any atom is 0.148 e. The second-order valence-corrected chi connectivity index (χ2v) is 4.29. The lowest BCUT2D eigenvalue weighted by Crippen LogP contribution is -2.04. The highest BCUT2D eigenvalue weighted by atomic mass is 79.9. The van der Waals surface area contributed by atoms with Crippen LogP contribution >= 0.6 is 27.5 Å². The predicted octanol–water partition coefficient (Wildman–Crippen LogP) is 3.31. The van der Waals surface area contributed by atoms with Crippen LogP contribution in [0.2, 0.25) is 5.02 Å². The normalized spacial score (nSPS) is 12.9. The molecule has 0 amide bonds. The van der Waals surface area contributed by atoms with E-state index in [0.717, 1.165) is 0 Å². The van der Waals surface area contributed by atoms with E-state index in [-0.39, 0.29) is 10.6 Å². The van der Waals surface area contributed by atoms with Gasteiger partial charge in [-0.05, 0) is 22.0 Å². The fourth-order valence-electron chi connectivity index (χ4n) is 1.18. The number of aliphatic hydroxyl groups is 1. The van der Waals surface area contributed by atoms with Crippen LogP contribution in [0.4, 0.5) is 4.39 Å². The van der Waals surface area contributed by atoms with Gasteiger partial charge in [-0.15, -0.1) is 0 Å². The van der Waals surface area contributed by atoms with Gasteiger partial charge >= 0.3 is 0 Å². The van der Waals surface area contributed by atoms with Crippen LogP contribution in [0.3, 0.4) is 0 Å². The van der Waals surface area contributed by atoms with Gasteiger partial charge in [0, 0.05) is 30.2 Å². The average molecular weight is 298 g/mol. The number of hydrogen-bond donors (Lipinski definition) is 1. The molecule has 84 valence electrons. The highest BCUT2D eigenvalue weighted by Crippen LogP contribution is 2.31. The lowest BCUT2D eigenvalue weighted by atomic mass is 10.1. The van der Waals surface area contributed by atoms with Crippen molar-refractivity contribution in [1.29, 1.82) is 0 Å². The average Bonchev–Trinajstić information content (AvgIpc) is 2.23. The Morgan fingerprint density at radius 1 is 1.60 bits per heavy atom. The molecule has 0 aliphatic rings. The van der Waals surface area contributed by atoms with Crippen molar-refractivity contribution in [3.05, 3.63) is 33.0 Å². The van der Waals surface area contributed by atoms with E-state index in [1.165, 1.54) is 13.2 Å². The standard InChI is InChI=1S/C10H11BrClFO2/c1-15-5-4-8(14)6-2-3-7(11)9(12)10(6)13/h2-3,8,14H,4-5H2,1H3. The van der Waals surface area contributed by atoms with Gasteiger partial charge in [-0.25, -0.2) is 4.39 Å². The number of rotatable bonds is 4. The quantitative estimate of drug-likeness (QED) is 0.864. The van der Waals surface area contributed by atoms with Crippen LogP contribution in [0, 0.1) is 5.82 Å². The van der Waals surface area contributed by atoms with Crippen LogP contribution in [-0.4, -0.2) is 18.8 Å². The summed E-state index contributed by atoms with van der Waals surface area (Å²) < 4.78 is 18.9. The van der Waals surface area contributed by atoms with Crippen molar-refractivity contribution in [3.63, 3.8) is 0 Å². The molecule has 1 aromatic carbocycles. The second-order valence-electron chi connectivity index (χ2n) is 3.06. The monoisotopic (exact) mass is 296 g/mol. The molecular formula is C10H11BrClFO2. The van der Waals surface area contributed by atoms with Gasteiger partial charge in [0.15, 0.2) is 0 Å². The third kappa shape index (κ3) is 3.14. The third-order valence-electron chi connectivity index (χ3n) is 2.02. The molecule has 0 aliphatic carbocycles. The summed E-state index contributed by atoms with van der Waals surface area (Å²) in [4.78, 5) is 0. The zero-order valence-electron chi connectivity index (χ0n) is 8.14. The summed E-state index contributed by atoms with van der Waals surface area (Å²) in [5, 5.41) is 9.64. The topological polar surface area (TPSA) is 29.5 Å². The highest BCUT2D eigenvalue weighted by molar-refractivity contribution is 9.10. The molecule has 15 heavy (non-hydrogen) atoms. The van der Waals surface area contributed by atoms with Crippen molar-refractivity contribution >= 4 is 27.5 Å². The lowest BCUT2D eigenvalue weighted by molar-refractivity contribution is 0.108. The Morgan fingerprint density at radius 3 is 2.87 bits per heavy atom. The van der Waals surface area contributed by atoms with Crippen molar-refractivity contribution in [1.82, 2.24) is 0 Å². The summed E-state index contributed by atoms with van der Waals surface area (Å²) in [6, 6.07) is 3.11. The Hall–Kier alpha value is -0.160. The minimum absolute atomic E-state index is 0.0102. The number of benzene rings is 1. The van der Waals surface area contributed by atoms with E-state index in [9.17, 15) is 9.50 Å². The zero-order valence-corrected chi connectivity index (χ0v) is 10.5. The molecule has 1 atom stereocenters. The molecule has 0 bridgehead atoms. The van der Waals surface area contributed by atoms with E-state index in [1.807, 2.05) is 0 Å². The van der Waals surface area contributed by atoms with Gasteiger partial charge in [-0.2, -0.15) is 0 Å². The fraction of sp³-hybridized carbons (Fsp3) is 0.400. The maximum absolute atomic E-state index is 13.6. The molecule has 0 heterocycles. The number of methoxy groups -OCH3 is 1. The molecule has 5 heteroatoms. The molecule has 0 aliphatic heterocycles. The molecule has 1 rings (SSSR count). The van der Waals surface area contributed by atoms with Gasteiger partial charge in [0.1, 0.15) is 5.82 Å². The summed E-state index contributed by atoms with van der Waals surface area (Å²) in [5.74, 6) is -0.588. The molecule has 1 N–H and O–H groups in total. The second kappa shape index (κ2) is 5.80. The molecule has 0 spiro atoms. The van der Waals surface area contributed by atoms with E-state index in [0.29, 0.717) is 17.5 Å². The van der Waals surface area contributed by atoms with Crippen LogP contribution in [-0.2, 0) is 4.74 Å². The molecule has 0 radical (unpaired) electrons. The molecule has 0 aromatic heterocycles. The minimum atomic E-state index is -0.893. The van der Waals surface area contributed by atoms with E-state index < -0.39 is 11.9 Å². The molecule has 0 saturated heterocycles. The number of hydrogen-bond acceptors (Lipinski definition) is 2. The van der Waals surface area contributed by atoms with Crippen molar-refractivity contribution in [2.75, 3.05) is 13.7 Å². The molecule has 1 unspecified atom stereocenters. The maximum atomic E-state index is 13.6. The van der Waals surface area contributed by atoms with E-state index in [1.54, 1.807) is 6.07 Å². The lowest BCUT2D eigenvalue weighted by Gasteiger charge is -2.12. The van der Waals surface area contributed by atoms with Gasteiger partial charge in [-0.3, -0.25) is 0 Å². The van der Waals surface area contributed by atoms with Gasteiger partial charge in [0.05, 0.1) is 11.1 Å². The van der Waals surface area contributed by atoms with E-state index in [2.05, 4.69) is 15.9 Å². The summed E-state index contributed by atoms with van der Waals surface area (Å²) in [6.07, 6.45) is -0.554. The van der Waals surface area contributed by atoms with Crippen molar-refractivity contribution in [3.8, 4) is 0 Å². The summed E-state index contributed by atoms with van der Waals surface area (Å²) in [6.45, 7) is 0.369. The van der Waals surface area contributed by atoms with Crippen molar-refractivity contribution in [2.45, 2.75) is 12.5 Å². The van der Waals surface area contributed by atoms with E-state index >= 15 is 0 Å². The first-order valence-electron chi connectivity index (χ1n) is 4.38. The Kier molecular flexibility index (Phi) is 4.99. The molecular weight excluding hydrogens is 286 g/mol. The first-order chi connectivity index (χ1) is 7.07. The van der Waals surface area contributed by atoms with Gasteiger partial charge < -0.3 is 9.84 Å². The van der Waals surface area contributed by atoms with E-state index in [4.69, 9.17) is 16.3 Å². The number of aliphatic hydroxyl groups excluding tert-OH is 1. The minimum Gasteiger partial charge on any atom is -0.388 e. The number of ether oxygens (including phenoxy) is 1. The van der Waals surface area contributed by atoms with Crippen LogP contribution in [0.25, 0.3) is 0 Å². The number of halogens is 3. The van der Waals surface area contributed by atoms with Gasteiger partial charge in [-0.1, -0.05) is 17.7 Å². The van der Waals surface area contributed by atoms with Crippen LogP contribution in [0.15, 0.2) is 16.6 Å². The predicted molar refractivity (Wildman–Crippen MR) is 60.6 cm³/mol. The molecule has 0 fully saturated rings. The Balaban J connectivity index is 2.90.